The van der Waals surface area contributed by atoms with Crippen molar-refractivity contribution in [2.45, 2.75) is 23.8 Å². The first-order valence-corrected chi connectivity index (χ1v) is 10.7. The van der Waals surface area contributed by atoms with Crippen LogP contribution in [0.15, 0.2) is 39.9 Å². The number of rotatable bonds is 5. The third-order valence-corrected chi connectivity index (χ3v) is 7.15. The van der Waals surface area contributed by atoms with Gasteiger partial charge in [-0.1, -0.05) is 0 Å². The van der Waals surface area contributed by atoms with Crippen molar-refractivity contribution in [1.29, 1.82) is 0 Å². The lowest BCUT2D eigenvalue weighted by Gasteiger charge is -2.25. The molecule has 1 aliphatic heterocycles. The Morgan fingerprint density at radius 1 is 1.31 bits per heavy atom. The van der Waals surface area contributed by atoms with Crippen molar-refractivity contribution in [3.05, 3.63) is 46.2 Å². The first-order valence-electron chi connectivity index (χ1n) is 8.30. The van der Waals surface area contributed by atoms with Crippen LogP contribution in [0.1, 0.15) is 34.8 Å². The molecule has 0 saturated carbocycles. The summed E-state index contributed by atoms with van der Waals surface area (Å²) in [5.74, 6) is 0.0719. The second kappa shape index (κ2) is 7.38. The summed E-state index contributed by atoms with van der Waals surface area (Å²) in [6.45, 7) is 0.668. The Kier molecular flexibility index (Phi) is 5.36. The molecule has 1 aromatic heterocycles. The largest absolute Gasteiger partial charge is 0.495 e. The van der Waals surface area contributed by atoms with Crippen molar-refractivity contribution in [3.63, 3.8) is 0 Å². The molecular weight excluding hydrogens is 372 g/mol. The third kappa shape index (κ3) is 3.36. The van der Waals surface area contributed by atoms with E-state index >= 15 is 0 Å². The molecule has 3 rings (SSSR count). The second-order valence-electron chi connectivity index (χ2n) is 6.37. The van der Waals surface area contributed by atoms with Gasteiger partial charge in [0.2, 0.25) is 10.0 Å². The molecule has 0 bridgehead atoms. The van der Waals surface area contributed by atoms with Crippen LogP contribution in [0.4, 0.5) is 0 Å². The number of benzene rings is 1. The molecule has 0 N–H and O–H groups in total. The summed E-state index contributed by atoms with van der Waals surface area (Å²) in [6.07, 6.45) is 1.85. The number of amides is 1. The number of nitrogens with zero attached hydrogens (tertiary/aromatic N) is 2. The number of hydrogen-bond donors (Lipinski definition) is 0. The zero-order valence-corrected chi connectivity index (χ0v) is 16.6. The number of hydrogen-bond acceptors (Lipinski definition) is 5. The molecule has 26 heavy (non-hydrogen) atoms. The van der Waals surface area contributed by atoms with Crippen molar-refractivity contribution in [3.8, 4) is 5.75 Å². The number of ether oxygens (including phenoxy) is 1. The van der Waals surface area contributed by atoms with E-state index in [1.165, 1.54) is 27.3 Å². The molecule has 1 atom stereocenters. The highest BCUT2D eigenvalue weighted by Crippen LogP contribution is 2.35. The molecule has 2 aromatic rings. The van der Waals surface area contributed by atoms with Crippen molar-refractivity contribution < 1.29 is 17.9 Å². The minimum atomic E-state index is -3.72. The quantitative estimate of drug-likeness (QED) is 0.782. The Balaban J connectivity index is 1.98. The van der Waals surface area contributed by atoms with E-state index in [1.54, 1.807) is 23.5 Å². The van der Waals surface area contributed by atoms with Gasteiger partial charge in [-0.2, -0.15) is 11.3 Å². The molecule has 0 radical (unpaired) electrons. The van der Waals surface area contributed by atoms with Crippen LogP contribution in [0, 0.1) is 0 Å². The van der Waals surface area contributed by atoms with Crippen molar-refractivity contribution in [1.82, 2.24) is 9.21 Å². The van der Waals surface area contributed by atoms with Gasteiger partial charge in [0.1, 0.15) is 10.6 Å². The normalized spacial score (nSPS) is 17.7. The summed E-state index contributed by atoms with van der Waals surface area (Å²) < 4.78 is 31.5. The molecule has 6 nitrogen and oxygen atoms in total. The summed E-state index contributed by atoms with van der Waals surface area (Å²) in [7, 11) is 0.608. The molecule has 8 heteroatoms. The summed E-state index contributed by atoms with van der Waals surface area (Å²) >= 11 is 1.61. The minimum absolute atomic E-state index is 0.00197. The molecule has 1 aromatic carbocycles. The highest BCUT2D eigenvalue weighted by atomic mass is 32.2. The number of carbonyl (C=O) groups excluding carboxylic acids is 1. The first kappa shape index (κ1) is 18.9. The number of likely N-dealkylation sites (tertiary alicyclic amines) is 1. The molecule has 1 saturated heterocycles. The average molecular weight is 395 g/mol. The summed E-state index contributed by atoms with van der Waals surface area (Å²) in [4.78, 5) is 14.9. The molecule has 0 aliphatic carbocycles. The molecular formula is C18H22N2O4S2. The van der Waals surface area contributed by atoms with Gasteiger partial charge >= 0.3 is 0 Å². The maximum Gasteiger partial charge on any atom is 0.254 e. The van der Waals surface area contributed by atoms with Gasteiger partial charge in [-0.3, -0.25) is 4.79 Å². The first-order chi connectivity index (χ1) is 12.4. The number of thiophene rings is 1. The van der Waals surface area contributed by atoms with Gasteiger partial charge in [0, 0.05) is 26.2 Å². The number of sulfonamides is 1. The smallest absolute Gasteiger partial charge is 0.254 e. The van der Waals surface area contributed by atoms with E-state index in [-0.39, 0.29) is 22.6 Å². The summed E-state index contributed by atoms with van der Waals surface area (Å²) in [5, 5.41) is 4.07. The van der Waals surface area contributed by atoms with E-state index in [9.17, 15) is 13.2 Å². The Morgan fingerprint density at radius 3 is 2.69 bits per heavy atom. The van der Waals surface area contributed by atoms with E-state index in [1.807, 2.05) is 16.3 Å². The topological polar surface area (TPSA) is 66.9 Å². The standard InChI is InChI=1S/C18H22N2O4S2/c1-19(2)26(22,23)17-11-13(6-7-16(17)24-3)18(21)20-9-4-5-15(20)14-8-10-25-12-14/h6-8,10-12,15H,4-5,9H2,1-3H3. The van der Waals surface area contributed by atoms with Gasteiger partial charge in [0.25, 0.3) is 5.91 Å². The molecule has 1 unspecified atom stereocenters. The van der Waals surface area contributed by atoms with Crippen LogP contribution in [0.5, 0.6) is 5.75 Å². The zero-order chi connectivity index (χ0) is 18.9. The maximum atomic E-state index is 13.1. The number of methoxy groups -OCH3 is 1. The molecule has 1 amide bonds. The lowest BCUT2D eigenvalue weighted by atomic mass is 10.1. The van der Waals surface area contributed by atoms with Crippen LogP contribution in [0.25, 0.3) is 0 Å². The Labute approximate surface area is 158 Å². The van der Waals surface area contributed by atoms with Gasteiger partial charge < -0.3 is 9.64 Å². The summed E-state index contributed by atoms with van der Waals surface area (Å²) in [6, 6.07) is 6.67. The Bertz CT molecular complexity index is 892. The lowest BCUT2D eigenvalue weighted by molar-refractivity contribution is 0.0735. The SMILES string of the molecule is COc1ccc(C(=O)N2CCCC2c2ccsc2)cc1S(=O)(=O)N(C)C. The molecule has 1 fully saturated rings. The van der Waals surface area contributed by atoms with E-state index in [0.717, 1.165) is 22.7 Å². The van der Waals surface area contributed by atoms with Crippen LogP contribution in [0.2, 0.25) is 0 Å². The van der Waals surface area contributed by atoms with Crippen LogP contribution in [0.3, 0.4) is 0 Å². The van der Waals surface area contributed by atoms with E-state index in [2.05, 4.69) is 5.38 Å². The Morgan fingerprint density at radius 2 is 2.08 bits per heavy atom. The van der Waals surface area contributed by atoms with Gasteiger partial charge in [-0.15, -0.1) is 0 Å². The lowest BCUT2D eigenvalue weighted by Crippen LogP contribution is -2.31. The number of carbonyl (C=O) groups is 1. The summed E-state index contributed by atoms with van der Waals surface area (Å²) in [5.41, 5.74) is 1.49. The predicted molar refractivity (Wildman–Crippen MR) is 101 cm³/mol. The van der Waals surface area contributed by atoms with Crippen molar-refractivity contribution in [2.24, 2.45) is 0 Å². The monoisotopic (exact) mass is 394 g/mol. The second-order valence-corrected chi connectivity index (χ2v) is 9.27. The third-order valence-electron chi connectivity index (χ3n) is 4.61. The highest BCUT2D eigenvalue weighted by molar-refractivity contribution is 7.89. The Hall–Kier alpha value is -1.90. The highest BCUT2D eigenvalue weighted by Gasteiger charge is 2.32. The van der Waals surface area contributed by atoms with Crippen LogP contribution in [-0.2, 0) is 10.0 Å². The molecule has 140 valence electrons. The average Bonchev–Trinajstić information content (AvgIpc) is 3.31. The van der Waals surface area contributed by atoms with Gasteiger partial charge in [-0.25, -0.2) is 12.7 Å². The van der Waals surface area contributed by atoms with Crippen LogP contribution in [-0.4, -0.2) is 51.3 Å². The van der Waals surface area contributed by atoms with E-state index in [4.69, 9.17) is 4.74 Å². The fourth-order valence-electron chi connectivity index (χ4n) is 3.19. The van der Waals surface area contributed by atoms with E-state index in [0.29, 0.717) is 12.1 Å². The van der Waals surface area contributed by atoms with Crippen LogP contribution < -0.4 is 4.74 Å². The molecule has 2 heterocycles. The fraction of sp³-hybridized carbons (Fsp3) is 0.389. The van der Waals surface area contributed by atoms with Gasteiger partial charge in [0.05, 0.1) is 13.2 Å². The van der Waals surface area contributed by atoms with Crippen molar-refractivity contribution >= 4 is 27.3 Å². The molecule has 0 spiro atoms. The fourth-order valence-corrected chi connectivity index (χ4v) is 4.98. The molecule has 1 aliphatic rings. The maximum absolute atomic E-state index is 13.1. The van der Waals surface area contributed by atoms with Crippen LogP contribution >= 0.6 is 11.3 Å². The predicted octanol–water partition coefficient (Wildman–Crippen LogP) is 2.98. The zero-order valence-electron chi connectivity index (χ0n) is 15.0. The van der Waals surface area contributed by atoms with Gasteiger partial charge in [-0.05, 0) is 53.4 Å². The van der Waals surface area contributed by atoms with E-state index < -0.39 is 10.0 Å². The van der Waals surface area contributed by atoms with Gasteiger partial charge in [0.15, 0.2) is 0 Å². The van der Waals surface area contributed by atoms with Crippen molar-refractivity contribution in [2.75, 3.05) is 27.7 Å². The minimum Gasteiger partial charge on any atom is -0.495 e.